The zero-order valence-corrected chi connectivity index (χ0v) is 14.7. The first-order valence-corrected chi connectivity index (χ1v) is 11.6. The Labute approximate surface area is 118 Å². The van der Waals surface area contributed by atoms with E-state index in [9.17, 15) is 0 Å². The first kappa shape index (κ1) is 18.4. The van der Waals surface area contributed by atoms with Crippen molar-refractivity contribution >= 4 is 7.26 Å². The van der Waals surface area contributed by atoms with E-state index in [-0.39, 0.29) is 0 Å². The molecule has 0 radical (unpaired) electrons. The molecule has 0 amide bonds. The predicted octanol–water partition coefficient (Wildman–Crippen LogP) is 6.33. The molecule has 0 saturated carbocycles. The second kappa shape index (κ2) is 12.5. The Balaban J connectivity index is 3.38. The first-order valence-electron chi connectivity index (χ1n) is 8.74. The molecule has 0 bridgehead atoms. The van der Waals surface area contributed by atoms with Gasteiger partial charge in [-0.3, -0.25) is 0 Å². The normalized spacial score (nSPS) is 12.9. The molecule has 112 valence electrons. The van der Waals surface area contributed by atoms with Crippen LogP contribution in [0.25, 0.3) is 0 Å². The van der Waals surface area contributed by atoms with Crippen molar-refractivity contribution < 1.29 is 0 Å². The summed E-state index contributed by atoms with van der Waals surface area (Å²) in [6, 6.07) is 0. The van der Waals surface area contributed by atoms with Crippen LogP contribution < -0.4 is 0 Å². The van der Waals surface area contributed by atoms with Crippen molar-refractivity contribution in [2.75, 3.05) is 24.6 Å². The Bertz CT molecular complexity index is 153. The summed E-state index contributed by atoms with van der Waals surface area (Å²) < 4.78 is 0. The molecular formula is C17H39P. The van der Waals surface area contributed by atoms with Crippen LogP contribution in [0.1, 0.15) is 85.5 Å². The molecule has 0 aliphatic carbocycles. The van der Waals surface area contributed by atoms with E-state index in [0.717, 1.165) is 0 Å². The number of rotatable bonds is 13. The molecule has 0 aromatic carbocycles. The van der Waals surface area contributed by atoms with E-state index in [1.54, 1.807) is 6.16 Å². The van der Waals surface area contributed by atoms with Gasteiger partial charge in [0.1, 0.15) is 0 Å². The van der Waals surface area contributed by atoms with Crippen molar-refractivity contribution in [3.63, 3.8) is 0 Å². The van der Waals surface area contributed by atoms with Gasteiger partial charge >= 0.3 is 117 Å². The fraction of sp³-hybridized carbons (Fsp3) is 1.00. The third-order valence-electron chi connectivity index (χ3n) is 5.06. The summed E-state index contributed by atoms with van der Waals surface area (Å²) in [6.45, 7) is 9.61. The SMILES string of the molecule is CCCCCCCCCCC[PH](CC)(CC)CC. The summed E-state index contributed by atoms with van der Waals surface area (Å²) >= 11 is 0. The Hall–Kier alpha value is 0.430. The first-order chi connectivity index (χ1) is 8.74. The summed E-state index contributed by atoms with van der Waals surface area (Å²) in [5.74, 6) is 0. The van der Waals surface area contributed by atoms with E-state index < -0.39 is 7.26 Å². The molecule has 0 aromatic heterocycles. The van der Waals surface area contributed by atoms with Gasteiger partial charge in [-0.1, -0.05) is 0 Å². The van der Waals surface area contributed by atoms with Crippen LogP contribution in [0.2, 0.25) is 0 Å². The molecule has 18 heavy (non-hydrogen) atoms. The molecule has 0 aromatic rings. The topological polar surface area (TPSA) is 0 Å². The van der Waals surface area contributed by atoms with Gasteiger partial charge in [0.2, 0.25) is 0 Å². The maximum atomic E-state index is 2.44. The number of hydrogen-bond donors (Lipinski definition) is 0. The molecule has 0 aliphatic heterocycles. The number of unbranched alkanes of at least 4 members (excludes halogenated alkanes) is 8. The fourth-order valence-corrected chi connectivity index (χ4v) is 6.65. The minimum absolute atomic E-state index is 0.803. The predicted molar refractivity (Wildman–Crippen MR) is 92.0 cm³/mol. The third-order valence-corrected chi connectivity index (χ3v) is 11.0. The van der Waals surface area contributed by atoms with Gasteiger partial charge in [-0.15, -0.1) is 0 Å². The van der Waals surface area contributed by atoms with E-state index in [1.165, 1.54) is 76.3 Å². The van der Waals surface area contributed by atoms with E-state index in [2.05, 4.69) is 27.7 Å². The molecule has 0 spiro atoms. The Morgan fingerprint density at radius 3 is 1.28 bits per heavy atom. The monoisotopic (exact) mass is 274 g/mol. The summed E-state index contributed by atoms with van der Waals surface area (Å²) in [5.41, 5.74) is 0. The van der Waals surface area contributed by atoms with Crippen LogP contribution in [0.4, 0.5) is 0 Å². The van der Waals surface area contributed by atoms with Crippen LogP contribution in [0.5, 0.6) is 0 Å². The molecule has 0 atom stereocenters. The minimum atomic E-state index is -0.803. The molecule has 0 unspecified atom stereocenters. The van der Waals surface area contributed by atoms with Crippen molar-refractivity contribution in [1.82, 2.24) is 0 Å². The molecule has 0 aliphatic rings. The van der Waals surface area contributed by atoms with E-state index in [0.29, 0.717) is 0 Å². The molecule has 0 heterocycles. The summed E-state index contributed by atoms with van der Waals surface area (Å²) in [6.07, 6.45) is 19.4. The van der Waals surface area contributed by atoms with Crippen LogP contribution in [-0.2, 0) is 0 Å². The van der Waals surface area contributed by atoms with Gasteiger partial charge in [-0.05, 0) is 0 Å². The van der Waals surface area contributed by atoms with Crippen molar-refractivity contribution in [3.05, 3.63) is 0 Å². The van der Waals surface area contributed by atoms with E-state index in [4.69, 9.17) is 0 Å². The molecule has 0 rings (SSSR count). The van der Waals surface area contributed by atoms with Gasteiger partial charge in [0.15, 0.2) is 0 Å². The van der Waals surface area contributed by atoms with Gasteiger partial charge < -0.3 is 0 Å². The van der Waals surface area contributed by atoms with Crippen molar-refractivity contribution in [1.29, 1.82) is 0 Å². The second-order valence-electron chi connectivity index (χ2n) is 6.14. The summed E-state index contributed by atoms with van der Waals surface area (Å²) in [7, 11) is -0.803. The third kappa shape index (κ3) is 8.52. The van der Waals surface area contributed by atoms with Crippen molar-refractivity contribution in [2.45, 2.75) is 85.5 Å². The Morgan fingerprint density at radius 2 is 0.889 bits per heavy atom. The standard InChI is InChI=1S/C17H39P/c1-5-9-10-11-12-13-14-15-16-17-18(6-2,7-3)8-4/h18H,5-17H2,1-4H3. The van der Waals surface area contributed by atoms with Crippen LogP contribution in [0, 0.1) is 0 Å². The van der Waals surface area contributed by atoms with Crippen LogP contribution in [0.3, 0.4) is 0 Å². The van der Waals surface area contributed by atoms with Gasteiger partial charge in [0.05, 0.1) is 0 Å². The molecule has 1 heteroatoms. The van der Waals surface area contributed by atoms with Crippen LogP contribution in [-0.4, -0.2) is 24.6 Å². The molecule has 0 saturated heterocycles. The Morgan fingerprint density at radius 1 is 0.500 bits per heavy atom. The summed E-state index contributed by atoms with van der Waals surface area (Å²) in [5, 5.41) is 0. The Kier molecular flexibility index (Phi) is 12.8. The van der Waals surface area contributed by atoms with Crippen molar-refractivity contribution in [2.24, 2.45) is 0 Å². The van der Waals surface area contributed by atoms with Crippen LogP contribution >= 0.6 is 7.26 Å². The second-order valence-corrected chi connectivity index (χ2v) is 11.8. The fourth-order valence-electron chi connectivity index (χ4n) is 3.09. The van der Waals surface area contributed by atoms with Crippen LogP contribution in [0.15, 0.2) is 0 Å². The van der Waals surface area contributed by atoms with Gasteiger partial charge in [-0.2, -0.15) is 0 Å². The quantitative estimate of drug-likeness (QED) is 0.272. The van der Waals surface area contributed by atoms with Gasteiger partial charge in [0, 0.05) is 0 Å². The molecule has 0 fully saturated rings. The maximum absolute atomic E-state index is 2.44. The molecule has 0 nitrogen and oxygen atoms in total. The average Bonchev–Trinajstić information content (AvgIpc) is 2.42. The van der Waals surface area contributed by atoms with E-state index >= 15 is 0 Å². The van der Waals surface area contributed by atoms with Crippen molar-refractivity contribution in [3.8, 4) is 0 Å². The average molecular weight is 274 g/mol. The molecular weight excluding hydrogens is 235 g/mol. The van der Waals surface area contributed by atoms with E-state index in [1.807, 2.05) is 0 Å². The number of hydrogen-bond acceptors (Lipinski definition) is 0. The summed E-state index contributed by atoms with van der Waals surface area (Å²) in [4.78, 5) is 0. The zero-order valence-electron chi connectivity index (χ0n) is 13.7. The molecule has 0 N–H and O–H groups in total. The van der Waals surface area contributed by atoms with Gasteiger partial charge in [0.25, 0.3) is 0 Å². The van der Waals surface area contributed by atoms with Gasteiger partial charge in [-0.25, -0.2) is 0 Å². The zero-order chi connectivity index (χ0) is 13.7.